The van der Waals surface area contributed by atoms with Crippen molar-refractivity contribution in [3.63, 3.8) is 0 Å². The van der Waals surface area contributed by atoms with Crippen LogP contribution in [0.15, 0.2) is 35.5 Å². The molecular weight excluding hydrogens is 307 g/mol. The first-order valence-corrected chi connectivity index (χ1v) is 7.99. The van der Waals surface area contributed by atoms with E-state index in [-0.39, 0.29) is 29.1 Å². The molecule has 0 aliphatic heterocycles. The Balaban J connectivity index is 2.32. The van der Waals surface area contributed by atoms with Crippen molar-refractivity contribution in [3.8, 4) is 6.07 Å². The van der Waals surface area contributed by atoms with Crippen LogP contribution < -0.4 is 0 Å². The first kappa shape index (κ1) is 16.1. The van der Waals surface area contributed by atoms with Gasteiger partial charge in [0.05, 0.1) is 17.8 Å². The predicted molar refractivity (Wildman–Crippen MR) is 77.6 cm³/mol. The van der Waals surface area contributed by atoms with Crippen LogP contribution in [0, 0.1) is 17.1 Å². The van der Waals surface area contributed by atoms with E-state index in [1.54, 1.807) is 14.0 Å². The Labute approximate surface area is 128 Å². The van der Waals surface area contributed by atoms with Gasteiger partial charge in [-0.15, -0.1) is 0 Å². The van der Waals surface area contributed by atoms with Crippen LogP contribution in [-0.2, 0) is 23.6 Å². The van der Waals surface area contributed by atoms with Gasteiger partial charge in [-0.25, -0.2) is 12.8 Å². The van der Waals surface area contributed by atoms with Crippen molar-refractivity contribution < 1.29 is 12.8 Å². The molecule has 116 valence electrons. The SMILES string of the molecule is CCN(Cc1ccc(C#N)cc1F)S(=O)(=O)c1cnn(C)c1. The molecule has 2 rings (SSSR count). The molecule has 0 fully saturated rings. The van der Waals surface area contributed by atoms with E-state index < -0.39 is 15.8 Å². The highest BCUT2D eigenvalue weighted by Crippen LogP contribution is 2.19. The van der Waals surface area contributed by atoms with E-state index in [1.807, 2.05) is 6.07 Å². The minimum Gasteiger partial charge on any atom is -0.274 e. The fourth-order valence-corrected chi connectivity index (χ4v) is 3.40. The average molecular weight is 322 g/mol. The Hall–Kier alpha value is -2.24. The summed E-state index contributed by atoms with van der Waals surface area (Å²) in [5, 5.41) is 12.6. The maximum absolute atomic E-state index is 13.9. The predicted octanol–water partition coefficient (Wildman–Crippen LogP) is 1.64. The van der Waals surface area contributed by atoms with Crippen molar-refractivity contribution in [1.29, 1.82) is 5.26 Å². The highest BCUT2D eigenvalue weighted by atomic mass is 32.2. The van der Waals surface area contributed by atoms with Gasteiger partial charge in [-0.05, 0) is 12.1 Å². The third-order valence-corrected chi connectivity index (χ3v) is 5.07. The van der Waals surface area contributed by atoms with Crippen molar-refractivity contribution in [1.82, 2.24) is 14.1 Å². The van der Waals surface area contributed by atoms with E-state index >= 15 is 0 Å². The molecule has 0 amide bonds. The summed E-state index contributed by atoms with van der Waals surface area (Å²) in [5.41, 5.74) is 0.410. The minimum atomic E-state index is -3.74. The molecule has 8 heteroatoms. The molecule has 6 nitrogen and oxygen atoms in total. The number of hydrogen-bond acceptors (Lipinski definition) is 4. The zero-order chi connectivity index (χ0) is 16.3. The van der Waals surface area contributed by atoms with Gasteiger partial charge in [0.1, 0.15) is 10.7 Å². The summed E-state index contributed by atoms with van der Waals surface area (Å²) in [7, 11) is -2.12. The van der Waals surface area contributed by atoms with Gasteiger partial charge in [-0.2, -0.15) is 14.7 Å². The number of halogens is 1. The van der Waals surface area contributed by atoms with Crippen molar-refractivity contribution >= 4 is 10.0 Å². The zero-order valence-electron chi connectivity index (χ0n) is 12.2. The molecule has 0 bridgehead atoms. The largest absolute Gasteiger partial charge is 0.274 e. The van der Waals surface area contributed by atoms with Gasteiger partial charge in [0, 0.05) is 31.9 Å². The molecular formula is C14H15FN4O2S. The van der Waals surface area contributed by atoms with E-state index in [4.69, 9.17) is 5.26 Å². The Morgan fingerprint density at radius 1 is 1.45 bits per heavy atom. The lowest BCUT2D eigenvalue weighted by atomic mass is 10.1. The molecule has 2 aromatic rings. The number of benzene rings is 1. The monoisotopic (exact) mass is 322 g/mol. The number of aryl methyl sites for hydroxylation is 1. The quantitative estimate of drug-likeness (QED) is 0.838. The second-order valence-corrected chi connectivity index (χ2v) is 6.64. The molecule has 1 aromatic carbocycles. The lowest BCUT2D eigenvalue weighted by Crippen LogP contribution is -2.30. The lowest BCUT2D eigenvalue weighted by Gasteiger charge is -2.20. The fourth-order valence-electron chi connectivity index (χ4n) is 1.98. The highest BCUT2D eigenvalue weighted by Gasteiger charge is 2.25. The van der Waals surface area contributed by atoms with Gasteiger partial charge in [-0.3, -0.25) is 4.68 Å². The number of rotatable bonds is 5. The molecule has 0 atom stereocenters. The van der Waals surface area contributed by atoms with Gasteiger partial charge < -0.3 is 0 Å². The maximum atomic E-state index is 13.9. The number of hydrogen-bond donors (Lipinski definition) is 0. The molecule has 0 N–H and O–H groups in total. The lowest BCUT2D eigenvalue weighted by molar-refractivity contribution is 0.415. The molecule has 0 spiro atoms. The number of nitriles is 1. The van der Waals surface area contributed by atoms with Crippen molar-refractivity contribution in [3.05, 3.63) is 47.5 Å². The second-order valence-electron chi connectivity index (χ2n) is 4.70. The van der Waals surface area contributed by atoms with E-state index in [9.17, 15) is 12.8 Å². The van der Waals surface area contributed by atoms with Gasteiger partial charge in [0.15, 0.2) is 0 Å². The van der Waals surface area contributed by atoms with E-state index in [0.29, 0.717) is 0 Å². The molecule has 0 saturated carbocycles. The third-order valence-electron chi connectivity index (χ3n) is 3.20. The molecule has 0 saturated heterocycles. The Kier molecular flexibility index (Phi) is 4.59. The summed E-state index contributed by atoms with van der Waals surface area (Å²) in [6, 6.07) is 5.82. The summed E-state index contributed by atoms with van der Waals surface area (Å²) in [5.74, 6) is -0.598. The van der Waals surface area contributed by atoms with Crippen LogP contribution in [0.25, 0.3) is 0 Å². The van der Waals surface area contributed by atoms with Crippen LogP contribution >= 0.6 is 0 Å². The number of sulfonamides is 1. The molecule has 0 radical (unpaired) electrons. The Morgan fingerprint density at radius 2 is 2.18 bits per heavy atom. The summed E-state index contributed by atoms with van der Waals surface area (Å²) in [6.07, 6.45) is 2.65. The molecule has 22 heavy (non-hydrogen) atoms. The second kappa shape index (κ2) is 6.25. The summed E-state index contributed by atoms with van der Waals surface area (Å²) in [6.45, 7) is 1.76. The topological polar surface area (TPSA) is 79.0 Å². The molecule has 1 aromatic heterocycles. The molecule has 0 unspecified atom stereocenters. The van der Waals surface area contributed by atoms with Gasteiger partial charge >= 0.3 is 0 Å². The summed E-state index contributed by atoms with van der Waals surface area (Å²) in [4.78, 5) is 0.0610. The van der Waals surface area contributed by atoms with Crippen molar-refractivity contribution in [2.45, 2.75) is 18.4 Å². The van der Waals surface area contributed by atoms with Gasteiger partial charge in [0.25, 0.3) is 0 Å². The Morgan fingerprint density at radius 3 is 2.68 bits per heavy atom. The standard InChI is InChI=1S/C14H15FN4O2S/c1-3-19(22(20,21)13-8-17-18(2)10-13)9-12-5-4-11(7-16)6-14(12)15/h4-6,8,10H,3,9H2,1-2H3. The van der Waals surface area contributed by atoms with Crippen LogP contribution in [0.2, 0.25) is 0 Å². The summed E-state index contributed by atoms with van der Waals surface area (Å²) < 4.78 is 41.5. The van der Waals surface area contributed by atoms with Crippen LogP contribution in [0.3, 0.4) is 0 Å². The third kappa shape index (κ3) is 3.16. The van der Waals surface area contributed by atoms with Crippen molar-refractivity contribution in [2.24, 2.45) is 7.05 Å². The minimum absolute atomic E-state index is 0.0610. The highest BCUT2D eigenvalue weighted by molar-refractivity contribution is 7.89. The van der Waals surface area contributed by atoms with E-state index in [0.717, 1.165) is 10.4 Å². The van der Waals surface area contributed by atoms with Crippen LogP contribution in [0.5, 0.6) is 0 Å². The van der Waals surface area contributed by atoms with Gasteiger partial charge in [-0.1, -0.05) is 13.0 Å². The van der Waals surface area contributed by atoms with Gasteiger partial charge in [0.2, 0.25) is 10.0 Å². The fraction of sp³-hybridized carbons (Fsp3) is 0.286. The molecule has 0 aliphatic rings. The van der Waals surface area contributed by atoms with E-state index in [1.165, 1.54) is 29.2 Å². The number of nitrogens with zero attached hydrogens (tertiary/aromatic N) is 4. The Bertz CT molecular complexity index is 824. The smallest absolute Gasteiger partial charge is 0.246 e. The van der Waals surface area contributed by atoms with Crippen LogP contribution in [-0.4, -0.2) is 29.0 Å². The van der Waals surface area contributed by atoms with Crippen molar-refractivity contribution in [2.75, 3.05) is 6.54 Å². The number of aromatic nitrogens is 2. The first-order valence-electron chi connectivity index (χ1n) is 6.55. The maximum Gasteiger partial charge on any atom is 0.246 e. The summed E-state index contributed by atoms with van der Waals surface area (Å²) >= 11 is 0. The molecule has 1 heterocycles. The molecule has 0 aliphatic carbocycles. The van der Waals surface area contributed by atoms with Crippen LogP contribution in [0.4, 0.5) is 4.39 Å². The first-order chi connectivity index (χ1) is 10.4. The zero-order valence-corrected chi connectivity index (χ0v) is 13.0. The normalized spacial score (nSPS) is 11.6. The van der Waals surface area contributed by atoms with E-state index in [2.05, 4.69) is 5.10 Å². The van der Waals surface area contributed by atoms with Crippen LogP contribution in [0.1, 0.15) is 18.1 Å². The average Bonchev–Trinajstić information content (AvgIpc) is 2.93.